The third-order valence-electron chi connectivity index (χ3n) is 1.85. The lowest BCUT2D eigenvalue weighted by atomic mass is 10.3. The molecule has 2 rings (SSSR count). The Morgan fingerprint density at radius 3 is 1.88 bits per heavy atom. The van der Waals surface area contributed by atoms with Crippen LogP contribution in [0.3, 0.4) is 0 Å². The molecule has 0 amide bonds. The molecule has 2 aromatic carbocycles. The summed E-state index contributed by atoms with van der Waals surface area (Å²) in [6, 6.07) is 17.2. The molecule has 2 N–H and O–H groups in total. The molecule has 0 aliphatic rings. The van der Waals surface area contributed by atoms with Crippen LogP contribution < -0.4 is 10.5 Å². The topological polar surface area (TPSA) is 35.2 Å². The molecular weight excluding hydrogens is 266 g/mol. The number of benzene rings is 2. The maximum absolute atomic E-state index is 5.43. The van der Waals surface area contributed by atoms with Gasteiger partial charge in [-0.05, 0) is 36.4 Å². The maximum atomic E-state index is 5.43. The number of hydrogen-bond donors (Lipinski definition) is 1. The summed E-state index contributed by atoms with van der Waals surface area (Å²) in [6.07, 6.45) is 0. The fourth-order valence-corrected chi connectivity index (χ4v) is 1.32. The molecule has 3 heteroatoms. The van der Waals surface area contributed by atoms with Crippen LogP contribution in [0.4, 0.5) is 5.69 Å². The number of ether oxygens (including phenoxy) is 1. The van der Waals surface area contributed by atoms with Gasteiger partial charge in [-0.1, -0.05) is 34.1 Å². The summed E-state index contributed by atoms with van der Waals surface area (Å²) in [5.41, 5.74) is 6.19. The van der Waals surface area contributed by atoms with Crippen molar-refractivity contribution in [3.05, 3.63) is 59.1 Å². The first-order valence-corrected chi connectivity index (χ1v) is 5.62. The van der Waals surface area contributed by atoms with Crippen LogP contribution >= 0.6 is 15.9 Å². The molecule has 0 spiro atoms. The zero-order chi connectivity index (χ0) is 11.8. The van der Waals surface area contributed by atoms with Gasteiger partial charge in [0.1, 0.15) is 5.75 Å². The summed E-state index contributed by atoms with van der Waals surface area (Å²) in [4.78, 5) is 0. The van der Waals surface area contributed by atoms with Gasteiger partial charge in [0.15, 0.2) is 0 Å². The molecule has 16 heavy (non-hydrogen) atoms. The van der Waals surface area contributed by atoms with Gasteiger partial charge in [-0.15, -0.1) is 0 Å². The van der Waals surface area contributed by atoms with Crippen molar-refractivity contribution in [3.63, 3.8) is 0 Å². The van der Waals surface area contributed by atoms with Gasteiger partial charge in [-0.25, -0.2) is 0 Å². The second-order valence-electron chi connectivity index (χ2n) is 3.07. The molecule has 0 radical (unpaired) electrons. The number of nitrogen functional groups attached to an aromatic ring is 1. The second-order valence-corrected chi connectivity index (χ2v) is 3.98. The molecule has 0 heterocycles. The smallest absolute Gasteiger partial charge is 0.119 e. The number of halogens is 1. The average molecular weight is 280 g/mol. The van der Waals surface area contributed by atoms with E-state index in [4.69, 9.17) is 10.5 Å². The van der Waals surface area contributed by atoms with Crippen LogP contribution in [0.2, 0.25) is 0 Å². The van der Waals surface area contributed by atoms with E-state index in [2.05, 4.69) is 15.9 Å². The molecule has 0 fully saturated rings. The Hall–Kier alpha value is -1.48. The Kier molecular flexibility index (Phi) is 5.43. The van der Waals surface area contributed by atoms with Gasteiger partial charge in [0.05, 0.1) is 7.11 Å². The quantitative estimate of drug-likeness (QED) is 0.808. The number of nitrogens with two attached hydrogens (primary N) is 1. The van der Waals surface area contributed by atoms with E-state index in [1.165, 1.54) is 0 Å². The monoisotopic (exact) mass is 279 g/mol. The van der Waals surface area contributed by atoms with Crippen molar-refractivity contribution in [2.75, 3.05) is 12.8 Å². The Balaban J connectivity index is 0.000000165. The molecule has 0 saturated heterocycles. The Labute approximate surface area is 104 Å². The SMILES string of the molecule is Brc1ccccc1.COc1ccc(N)cc1. The Morgan fingerprint density at radius 2 is 1.50 bits per heavy atom. The van der Waals surface area contributed by atoms with Crippen molar-refractivity contribution in [1.82, 2.24) is 0 Å². The van der Waals surface area contributed by atoms with E-state index in [1.54, 1.807) is 19.2 Å². The van der Waals surface area contributed by atoms with Crippen molar-refractivity contribution in [2.45, 2.75) is 0 Å². The van der Waals surface area contributed by atoms with Gasteiger partial charge in [-0.3, -0.25) is 0 Å². The summed E-state index contributed by atoms with van der Waals surface area (Å²) < 4.78 is 6.05. The van der Waals surface area contributed by atoms with Crippen LogP contribution in [0, 0.1) is 0 Å². The lowest BCUT2D eigenvalue weighted by Gasteiger charge is -1.97. The van der Waals surface area contributed by atoms with E-state index in [1.807, 2.05) is 42.5 Å². The molecular formula is C13H14BrNO. The highest BCUT2D eigenvalue weighted by Gasteiger charge is 1.86. The largest absolute Gasteiger partial charge is 0.497 e. The first-order valence-electron chi connectivity index (χ1n) is 4.82. The first kappa shape index (κ1) is 12.6. The van der Waals surface area contributed by atoms with Crippen molar-refractivity contribution < 1.29 is 4.74 Å². The number of anilines is 1. The first-order chi connectivity index (χ1) is 7.72. The standard InChI is InChI=1S/C7H9NO.C6H5Br/c1-9-7-4-2-6(8)3-5-7;7-6-4-2-1-3-5-6/h2-5H,8H2,1H3;1-5H. The lowest BCUT2D eigenvalue weighted by Crippen LogP contribution is -1.84. The van der Waals surface area contributed by atoms with Gasteiger partial charge >= 0.3 is 0 Å². The van der Waals surface area contributed by atoms with Crippen LogP contribution in [0.15, 0.2) is 59.1 Å². The highest BCUT2D eigenvalue weighted by Crippen LogP contribution is 2.11. The minimum Gasteiger partial charge on any atom is -0.497 e. The molecule has 2 aromatic rings. The normalized spacial score (nSPS) is 8.88. The van der Waals surface area contributed by atoms with E-state index in [-0.39, 0.29) is 0 Å². The average Bonchev–Trinajstić information content (AvgIpc) is 2.32. The highest BCUT2D eigenvalue weighted by molar-refractivity contribution is 9.10. The molecule has 0 saturated carbocycles. The molecule has 2 nitrogen and oxygen atoms in total. The number of methoxy groups -OCH3 is 1. The van der Waals surface area contributed by atoms with Crippen molar-refractivity contribution in [2.24, 2.45) is 0 Å². The summed E-state index contributed by atoms with van der Waals surface area (Å²) in [7, 11) is 1.63. The zero-order valence-corrected chi connectivity index (χ0v) is 10.6. The predicted molar refractivity (Wildman–Crippen MR) is 71.5 cm³/mol. The van der Waals surface area contributed by atoms with Crippen molar-refractivity contribution in [1.29, 1.82) is 0 Å². The van der Waals surface area contributed by atoms with Crippen molar-refractivity contribution >= 4 is 21.6 Å². The van der Waals surface area contributed by atoms with Crippen LogP contribution in [-0.2, 0) is 0 Å². The molecule has 0 unspecified atom stereocenters. The minimum atomic E-state index is 0.760. The third-order valence-corrected chi connectivity index (χ3v) is 2.38. The van der Waals surface area contributed by atoms with Gasteiger partial charge in [0.25, 0.3) is 0 Å². The molecule has 0 aliphatic heterocycles. The van der Waals surface area contributed by atoms with E-state index in [0.717, 1.165) is 15.9 Å². The molecule has 84 valence electrons. The van der Waals surface area contributed by atoms with Crippen LogP contribution in [0.5, 0.6) is 5.75 Å². The third kappa shape index (κ3) is 4.84. The van der Waals surface area contributed by atoms with E-state index < -0.39 is 0 Å². The predicted octanol–water partition coefficient (Wildman–Crippen LogP) is 3.73. The Bertz CT molecular complexity index is 400. The summed E-state index contributed by atoms with van der Waals surface area (Å²) in [5.74, 6) is 0.837. The van der Waals surface area contributed by atoms with E-state index >= 15 is 0 Å². The highest BCUT2D eigenvalue weighted by atomic mass is 79.9. The van der Waals surface area contributed by atoms with Gasteiger partial charge in [0, 0.05) is 10.2 Å². The lowest BCUT2D eigenvalue weighted by molar-refractivity contribution is 0.415. The molecule has 0 aliphatic carbocycles. The summed E-state index contributed by atoms with van der Waals surface area (Å²) in [5, 5.41) is 0. The molecule has 0 bridgehead atoms. The van der Waals surface area contributed by atoms with Crippen LogP contribution in [0.1, 0.15) is 0 Å². The van der Waals surface area contributed by atoms with Gasteiger partial charge in [-0.2, -0.15) is 0 Å². The Morgan fingerprint density at radius 1 is 0.938 bits per heavy atom. The molecule has 0 atom stereocenters. The summed E-state index contributed by atoms with van der Waals surface area (Å²) in [6.45, 7) is 0. The van der Waals surface area contributed by atoms with Gasteiger partial charge in [0.2, 0.25) is 0 Å². The van der Waals surface area contributed by atoms with Crippen LogP contribution in [-0.4, -0.2) is 7.11 Å². The van der Waals surface area contributed by atoms with E-state index in [9.17, 15) is 0 Å². The number of rotatable bonds is 1. The van der Waals surface area contributed by atoms with E-state index in [0.29, 0.717) is 0 Å². The molecule has 0 aromatic heterocycles. The van der Waals surface area contributed by atoms with Crippen LogP contribution in [0.25, 0.3) is 0 Å². The van der Waals surface area contributed by atoms with Gasteiger partial charge < -0.3 is 10.5 Å². The zero-order valence-electron chi connectivity index (χ0n) is 9.06. The minimum absolute atomic E-state index is 0.760. The fraction of sp³-hybridized carbons (Fsp3) is 0.0769. The number of hydrogen-bond acceptors (Lipinski definition) is 2. The van der Waals surface area contributed by atoms with Crippen molar-refractivity contribution in [3.8, 4) is 5.75 Å². The summed E-state index contributed by atoms with van der Waals surface area (Å²) >= 11 is 3.31. The maximum Gasteiger partial charge on any atom is 0.119 e. The second kappa shape index (κ2) is 6.90. The fourth-order valence-electron chi connectivity index (χ4n) is 1.02.